The Kier molecular flexibility index (Phi) is 4.50. The third-order valence-electron chi connectivity index (χ3n) is 3.95. The van der Waals surface area contributed by atoms with Gasteiger partial charge in [0.15, 0.2) is 0 Å². The van der Waals surface area contributed by atoms with Gasteiger partial charge < -0.3 is 10.1 Å². The number of fused-ring (bicyclic) bond motifs is 1. The Labute approximate surface area is 154 Å². The quantitative estimate of drug-likeness (QED) is 0.497. The van der Waals surface area contributed by atoms with Gasteiger partial charge >= 0.3 is 0 Å². The molecule has 0 unspecified atom stereocenters. The summed E-state index contributed by atoms with van der Waals surface area (Å²) in [7, 11) is 0. The van der Waals surface area contributed by atoms with Crippen LogP contribution in [0.25, 0.3) is 21.3 Å². The Morgan fingerprint density at radius 1 is 1.04 bits per heavy atom. The van der Waals surface area contributed by atoms with E-state index in [1.54, 1.807) is 23.5 Å². The van der Waals surface area contributed by atoms with Crippen LogP contribution in [0.2, 0.25) is 0 Å². The van der Waals surface area contributed by atoms with Crippen molar-refractivity contribution in [3.63, 3.8) is 0 Å². The van der Waals surface area contributed by atoms with Crippen LogP contribution in [0.3, 0.4) is 0 Å². The van der Waals surface area contributed by atoms with Crippen molar-refractivity contribution in [2.45, 2.75) is 6.92 Å². The van der Waals surface area contributed by atoms with Gasteiger partial charge in [-0.3, -0.25) is 0 Å². The number of nitrogens with zero attached hydrogens (tertiary/aromatic N) is 2. The van der Waals surface area contributed by atoms with Crippen LogP contribution in [0.5, 0.6) is 5.75 Å². The molecule has 0 radical (unpaired) electrons. The zero-order valence-corrected chi connectivity index (χ0v) is 14.9. The van der Waals surface area contributed by atoms with Gasteiger partial charge in [0.05, 0.1) is 12.0 Å². The Morgan fingerprint density at radius 2 is 1.81 bits per heavy atom. The fourth-order valence-corrected chi connectivity index (χ4v) is 3.67. The number of hydrogen-bond donors (Lipinski definition) is 1. The minimum absolute atomic E-state index is 0.269. The lowest BCUT2D eigenvalue weighted by Crippen LogP contribution is -1.95. The fraction of sp³-hybridized carbons (Fsp3) is 0.100. The third kappa shape index (κ3) is 3.23. The van der Waals surface area contributed by atoms with E-state index in [-0.39, 0.29) is 5.82 Å². The van der Waals surface area contributed by atoms with Crippen LogP contribution in [0.15, 0.2) is 60.2 Å². The summed E-state index contributed by atoms with van der Waals surface area (Å²) in [6.07, 6.45) is 1.53. The average Bonchev–Trinajstić information content (AvgIpc) is 3.10. The van der Waals surface area contributed by atoms with E-state index in [2.05, 4.69) is 20.7 Å². The van der Waals surface area contributed by atoms with E-state index in [0.717, 1.165) is 32.8 Å². The molecule has 0 aliphatic carbocycles. The molecule has 4 aromatic rings. The highest BCUT2D eigenvalue weighted by molar-refractivity contribution is 7.17. The molecule has 0 amide bonds. The summed E-state index contributed by atoms with van der Waals surface area (Å²) >= 11 is 1.57. The standard InChI is InChI=1S/C20H16FN3OS/c1-2-25-16-9-3-13(4-10-16)17-11-26-20-18(17)19(22-12-23-20)24-15-7-5-14(21)6-8-15/h3-12H,2H2,1H3,(H,22,23,24). The highest BCUT2D eigenvalue weighted by atomic mass is 32.1. The lowest BCUT2D eigenvalue weighted by molar-refractivity contribution is 0.340. The van der Waals surface area contributed by atoms with Gasteiger partial charge in [-0.1, -0.05) is 12.1 Å². The molecular formula is C20H16FN3OS. The molecule has 0 bridgehead atoms. The summed E-state index contributed by atoms with van der Waals surface area (Å²) in [5.41, 5.74) is 2.89. The number of anilines is 2. The maximum atomic E-state index is 13.1. The number of benzene rings is 2. The maximum Gasteiger partial charge on any atom is 0.143 e. The lowest BCUT2D eigenvalue weighted by atomic mass is 10.1. The molecule has 2 aromatic heterocycles. The first kappa shape index (κ1) is 16.5. The second-order valence-corrected chi connectivity index (χ2v) is 6.50. The summed E-state index contributed by atoms with van der Waals surface area (Å²) < 4.78 is 18.7. The second-order valence-electron chi connectivity index (χ2n) is 5.64. The first-order valence-electron chi connectivity index (χ1n) is 8.22. The molecule has 0 atom stereocenters. The first-order valence-corrected chi connectivity index (χ1v) is 9.10. The number of thiophene rings is 1. The molecule has 1 N–H and O–H groups in total. The molecule has 0 fully saturated rings. The number of aromatic nitrogens is 2. The SMILES string of the molecule is CCOc1ccc(-c2csc3ncnc(Nc4ccc(F)cc4)c23)cc1. The highest BCUT2D eigenvalue weighted by Gasteiger charge is 2.13. The van der Waals surface area contributed by atoms with Crippen molar-refractivity contribution in [2.24, 2.45) is 0 Å². The van der Waals surface area contributed by atoms with Crippen molar-refractivity contribution in [2.75, 3.05) is 11.9 Å². The zero-order valence-electron chi connectivity index (χ0n) is 14.1. The largest absolute Gasteiger partial charge is 0.494 e. The molecule has 130 valence electrons. The summed E-state index contributed by atoms with van der Waals surface area (Å²) in [4.78, 5) is 9.67. The summed E-state index contributed by atoms with van der Waals surface area (Å²) in [6, 6.07) is 14.2. The smallest absolute Gasteiger partial charge is 0.143 e. The number of hydrogen-bond acceptors (Lipinski definition) is 5. The monoisotopic (exact) mass is 365 g/mol. The van der Waals surface area contributed by atoms with Gasteiger partial charge in [-0.05, 0) is 48.9 Å². The van der Waals surface area contributed by atoms with Gasteiger partial charge in [0, 0.05) is 16.6 Å². The van der Waals surface area contributed by atoms with E-state index in [0.29, 0.717) is 12.4 Å². The van der Waals surface area contributed by atoms with Gasteiger partial charge in [0.25, 0.3) is 0 Å². The topological polar surface area (TPSA) is 47.0 Å². The minimum atomic E-state index is -0.269. The van der Waals surface area contributed by atoms with Crippen molar-refractivity contribution in [1.82, 2.24) is 9.97 Å². The van der Waals surface area contributed by atoms with Crippen LogP contribution in [-0.4, -0.2) is 16.6 Å². The minimum Gasteiger partial charge on any atom is -0.494 e. The zero-order chi connectivity index (χ0) is 17.9. The maximum absolute atomic E-state index is 13.1. The van der Waals surface area contributed by atoms with Crippen LogP contribution < -0.4 is 10.1 Å². The lowest BCUT2D eigenvalue weighted by Gasteiger charge is -2.09. The molecule has 26 heavy (non-hydrogen) atoms. The van der Waals surface area contributed by atoms with Crippen LogP contribution in [0, 0.1) is 5.82 Å². The predicted octanol–water partition coefficient (Wildman–Crippen LogP) is 5.64. The molecule has 0 spiro atoms. The average molecular weight is 365 g/mol. The van der Waals surface area contributed by atoms with Crippen molar-refractivity contribution in [1.29, 1.82) is 0 Å². The summed E-state index contributed by atoms with van der Waals surface area (Å²) in [5, 5.41) is 6.29. The molecule has 0 saturated heterocycles. The molecule has 2 heterocycles. The molecule has 0 saturated carbocycles. The number of nitrogens with one attached hydrogen (secondary N) is 1. The molecular weight excluding hydrogens is 349 g/mol. The van der Waals surface area contributed by atoms with Crippen LogP contribution in [0.4, 0.5) is 15.9 Å². The van der Waals surface area contributed by atoms with E-state index in [1.807, 2.05) is 31.2 Å². The number of rotatable bonds is 5. The number of halogens is 1. The Hall–Kier alpha value is -2.99. The van der Waals surface area contributed by atoms with Crippen LogP contribution >= 0.6 is 11.3 Å². The summed E-state index contributed by atoms with van der Waals surface area (Å²) in [5.74, 6) is 1.28. The highest BCUT2D eigenvalue weighted by Crippen LogP contribution is 2.37. The van der Waals surface area contributed by atoms with Gasteiger partial charge in [0.2, 0.25) is 0 Å². The van der Waals surface area contributed by atoms with Crippen LogP contribution in [-0.2, 0) is 0 Å². The second kappa shape index (κ2) is 7.09. The molecule has 4 rings (SSSR count). The van der Waals surface area contributed by atoms with E-state index in [1.165, 1.54) is 18.5 Å². The van der Waals surface area contributed by atoms with Crippen molar-refractivity contribution < 1.29 is 9.13 Å². The van der Waals surface area contributed by atoms with E-state index >= 15 is 0 Å². The fourth-order valence-electron chi connectivity index (χ4n) is 2.75. The Balaban J connectivity index is 1.75. The van der Waals surface area contributed by atoms with Gasteiger partial charge in [-0.2, -0.15) is 0 Å². The van der Waals surface area contributed by atoms with E-state index in [9.17, 15) is 4.39 Å². The molecule has 2 aromatic carbocycles. The van der Waals surface area contributed by atoms with E-state index < -0.39 is 0 Å². The Bertz CT molecular complexity index is 1030. The molecule has 4 nitrogen and oxygen atoms in total. The van der Waals surface area contributed by atoms with Crippen molar-refractivity contribution in [3.8, 4) is 16.9 Å². The first-order chi connectivity index (χ1) is 12.7. The van der Waals surface area contributed by atoms with Crippen molar-refractivity contribution >= 4 is 33.1 Å². The third-order valence-corrected chi connectivity index (χ3v) is 4.84. The van der Waals surface area contributed by atoms with E-state index in [4.69, 9.17) is 4.74 Å². The molecule has 6 heteroatoms. The normalized spacial score (nSPS) is 10.8. The Morgan fingerprint density at radius 3 is 2.54 bits per heavy atom. The van der Waals surface area contributed by atoms with Gasteiger partial charge in [-0.15, -0.1) is 11.3 Å². The van der Waals surface area contributed by atoms with Crippen LogP contribution in [0.1, 0.15) is 6.92 Å². The molecule has 0 aliphatic heterocycles. The number of ether oxygens (including phenoxy) is 1. The van der Waals surface area contributed by atoms with Gasteiger partial charge in [0.1, 0.15) is 28.5 Å². The van der Waals surface area contributed by atoms with Gasteiger partial charge in [-0.25, -0.2) is 14.4 Å². The predicted molar refractivity (Wildman–Crippen MR) is 104 cm³/mol. The summed E-state index contributed by atoms with van der Waals surface area (Å²) in [6.45, 7) is 2.60. The van der Waals surface area contributed by atoms with Crippen molar-refractivity contribution in [3.05, 3.63) is 66.1 Å². The molecule has 0 aliphatic rings.